The van der Waals surface area contributed by atoms with E-state index in [1.165, 1.54) is 5.57 Å². The SMILES string of the molecule is CC1=COCC1. The van der Waals surface area contributed by atoms with Crippen molar-refractivity contribution in [2.75, 3.05) is 6.61 Å². The van der Waals surface area contributed by atoms with Gasteiger partial charge in [-0.2, -0.15) is 0 Å². The number of hydrogen-bond donors (Lipinski definition) is 0. The average Bonchev–Trinajstić information content (AvgIpc) is 1.86. The van der Waals surface area contributed by atoms with Crippen LogP contribution in [0.1, 0.15) is 13.3 Å². The Morgan fingerprint density at radius 1 is 1.83 bits per heavy atom. The molecule has 34 valence electrons. The van der Waals surface area contributed by atoms with Gasteiger partial charge in [0.2, 0.25) is 0 Å². The van der Waals surface area contributed by atoms with Gasteiger partial charge in [0.1, 0.15) is 0 Å². The quantitative estimate of drug-likeness (QED) is 0.430. The summed E-state index contributed by atoms with van der Waals surface area (Å²) in [4.78, 5) is 0. The number of hydrogen-bond acceptors (Lipinski definition) is 1. The zero-order valence-electron chi connectivity index (χ0n) is 3.90. The van der Waals surface area contributed by atoms with Gasteiger partial charge >= 0.3 is 0 Å². The van der Waals surface area contributed by atoms with E-state index in [0.29, 0.717) is 0 Å². The van der Waals surface area contributed by atoms with Gasteiger partial charge in [0.25, 0.3) is 0 Å². The maximum Gasteiger partial charge on any atom is 0.0911 e. The topological polar surface area (TPSA) is 9.23 Å². The molecular formula is C5H8O. The molecule has 0 fully saturated rings. The molecule has 0 radical (unpaired) electrons. The Hall–Kier alpha value is -0.460. The summed E-state index contributed by atoms with van der Waals surface area (Å²) in [5.41, 5.74) is 1.36. The summed E-state index contributed by atoms with van der Waals surface area (Å²) >= 11 is 0. The van der Waals surface area contributed by atoms with Crippen molar-refractivity contribution in [2.24, 2.45) is 0 Å². The second-order valence-electron chi connectivity index (χ2n) is 1.58. The predicted octanol–water partition coefficient (Wildman–Crippen LogP) is 1.31. The number of rotatable bonds is 0. The van der Waals surface area contributed by atoms with Crippen LogP contribution < -0.4 is 0 Å². The molecule has 0 unspecified atom stereocenters. The van der Waals surface area contributed by atoms with Gasteiger partial charge < -0.3 is 4.74 Å². The molecule has 1 rings (SSSR count). The van der Waals surface area contributed by atoms with Gasteiger partial charge in [-0.15, -0.1) is 0 Å². The Kier molecular flexibility index (Phi) is 0.825. The van der Waals surface area contributed by atoms with Gasteiger partial charge in [-0.25, -0.2) is 0 Å². The van der Waals surface area contributed by atoms with Crippen LogP contribution in [0.25, 0.3) is 0 Å². The van der Waals surface area contributed by atoms with Crippen molar-refractivity contribution < 1.29 is 4.74 Å². The van der Waals surface area contributed by atoms with Crippen LogP contribution in [0.3, 0.4) is 0 Å². The van der Waals surface area contributed by atoms with Crippen LogP contribution in [0.2, 0.25) is 0 Å². The molecule has 0 amide bonds. The van der Waals surface area contributed by atoms with Gasteiger partial charge in [-0.1, -0.05) is 0 Å². The lowest BCUT2D eigenvalue weighted by Gasteiger charge is -1.80. The molecule has 0 atom stereocenters. The van der Waals surface area contributed by atoms with Gasteiger partial charge in [0.15, 0.2) is 0 Å². The lowest BCUT2D eigenvalue weighted by atomic mass is 10.3. The maximum absolute atomic E-state index is 4.89. The van der Waals surface area contributed by atoms with E-state index in [1.807, 2.05) is 6.26 Å². The molecule has 0 spiro atoms. The van der Waals surface area contributed by atoms with Crippen LogP contribution in [0.4, 0.5) is 0 Å². The molecule has 0 saturated heterocycles. The lowest BCUT2D eigenvalue weighted by Crippen LogP contribution is -1.72. The standard InChI is InChI=1S/C5H8O/c1-5-2-3-6-4-5/h4H,2-3H2,1H3. The fraction of sp³-hybridized carbons (Fsp3) is 0.600. The Bertz CT molecular complexity index is 74.0. The van der Waals surface area contributed by atoms with E-state index >= 15 is 0 Å². The highest BCUT2D eigenvalue weighted by Gasteiger charge is 1.95. The van der Waals surface area contributed by atoms with E-state index < -0.39 is 0 Å². The van der Waals surface area contributed by atoms with Crippen molar-refractivity contribution >= 4 is 0 Å². The predicted molar refractivity (Wildman–Crippen MR) is 24.3 cm³/mol. The largest absolute Gasteiger partial charge is 0.501 e. The summed E-state index contributed by atoms with van der Waals surface area (Å²) < 4.78 is 4.89. The van der Waals surface area contributed by atoms with Crippen LogP contribution >= 0.6 is 0 Å². The summed E-state index contributed by atoms with van der Waals surface area (Å²) in [7, 11) is 0. The fourth-order valence-corrected chi connectivity index (χ4v) is 0.480. The molecule has 0 aliphatic carbocycles. The van der Waals surface area contributed by atoms with Crippen molar-refractivity contribution in [1.82, 2.24) is 0 Å². The van der Waals surface area contributed by atoms with Crippen molar-refractivity contribution in [1.29, 1.82) is 0 Å². The molecule has 1 heteroatoms. The van der Waals surface area contributed by atoms with Gasteiger partial charge in [0.05, 0.1) is 12.9 Å². The molecule has 0 aromatic heterocycles. The molecule has 0 N–H and O–H groups in total. The van der Waals surface area contributed by atoms with Gasteiger partial charge in [0, 0.05) is 6.42 Å². The van der Waals surface area contributed by atoms with Gasteiger partial charge in [-0.3, -0.25) is 0 Å². The summed E-state index contributed by atoms with van der Waals surface area (Å²) in [5.74, 6) is 0. The first-order valence-corrected chi connectivity index (χ1v) is 2.17. The third kappa shape index (κ3) is 0.534. The maximum atomic E-state index is 4.89. The minimum Gasteiger partial charge on any atom is -0.501 e. The van der Waals surface area contributed by atoms with Crippen molar-refractivity contribution in [3.05, 3.63) is 11.8 Å². The lowest BCUT2D eigenvalue weighted by molar-refractivity contribution is 0.281. The molecule has 1 aliphatic rings. The average molecular weight is 84.1 g/mol. The van der Waals surface area contributed by atoms with Crippen LogP contribution in [-0.2, 0) is 4.74 Å². The molecule has 1 nitrogen and oxygen atoms in total. The first kappa shape index (κ1) is 3.72. The van der Waals surface area contributed by atoms with E-state index in [-0.39, 0.29) is 0 Å². The van der Waals surface area contributed by atoms with Crippen LogP contribution in [-0.4, -0.2) is 6.61 Å². The first-order chi connectivity index (χ1) is 2.89. The van der Waals surface area contributed by atoms with E-state index in [2.05, 4.69) is 6.92 Å². The summed E-state index contributed by atoms with van der Waals surface area (Å²) in [6, 6.07) is 0. The zero-order chi connectivity index (χ0) is 4.41. The molecule has 1 heterocycles. The van der Waals surface area contributed by atoms with Crippen LogP contribution in [0.15, 0.2) is 11.8 Å². The van der Waals surface area contributed by atoms with Crippen molar-refractivity contribution in [3.63, 3.8) is 0 Å². The fourth-order valence-electron chi connectivity index (χ4n) is 0.480. The highest BCUT2D eigenvalue weighted by Crippen LogP contribution is 2.06. The highest BCUT2D eigenvalue weighted by atomic mass is 16.5. The summed E-state index contributed by atoms with van der Waals surface area (Å²) in [6.07, 6.45) is 2.94. The zero-order valence-corrected chi connectivity index (χ0v) is 3.90. The molecule has 0 aromatic carbocycles. The second kappa shape index (κ2) is 1.33. The molecule has 6 heavy (non-hydrogen) atoms. The highest BCUT2D eigenvalue weighted by molar-refractivity contribution is 4.96. The normalized spacial score (nSPS) is 19.8. The first-order valence-electron chi connectivity index (χ1n) is 2.17. The molecule has 0 bridgehead atoms. The molecular weight excluding hydrogens is 76.1 g/mol. The Balaban J connectivity index is 2.45. The Labute approximate surface area is 37.6 Å². The number of ether oxygens (including phenoxy) is 1. The second-order valence-corrected chi connectivity index (χ2v) is 1.58. The van der Waals surface area contributed by atoms with Gasteiger partial charge in [-0.05, 0) is 12.5 Å². The minimum atomic E-state index is 0.895. The Morgan fingerprint density at radius 2 is 2.67 bits per heavy atom. The molecule has 0 saturated carbocycles. The van der Waals surface area contributed by atoms with E-state index in [9.17, 15) is 0 Å². The van der Waals surface area contributed by atoms with E-state index in [4.69, 9.17) is 4.74 Å². The van der Waals surface area contributed by atoms with Crippen LogP contribution in [0.5, 0.6) is 0 Å². The van der Waals surface area contributed by atoms with E-state index in [1.54, 1.807) is 0 Å². The summed E-state index contributed by atoms with van der Waals surface area (Å²) in [5, 5.41) is 0. The molecule has 1 aliphatic heterocycles. The third-order valence-electron chi connectivity index (χ3n) is 0.899. The van der Waals surface area contributed by atoms with E-state index in [0.717, 1.165) is 13.0 Å². The van der Waals surface area contributed by atoms with Crippen molar-refractivity contribution in [2.45, 2.75) is 13.3 Å². The minimum absolute atomic E-state index is 0.895. The monoisotopic (exact) mass is 84.1 g/mol. The summed E-state index contributed by atoms with van der Waals surface area (Å²) in [6.45, 7) is 2.97. The van der Waals surface area contributed by atoms with Crippen molar-refractivity contribution in [3.8, 4) is 0 Å². The third-order valence-corrected chi connectivity index (χ3v) is 0.899. The van der Waals surface area contributed by atoms with Crippen LogP contribution in [0, 0.1) is 0 Å². The Morgan fingerprint density at radius 3 is 2.83 bits per heavy atom. The smallest absolute Gasteiger partial charge is 0.0911 e. The molecule has 0 aromatic rings.